The van der Waals surface area contributed by atoms with Gasteiger partial charge < -0.3 is 24.3 Å². The molecule has 3 heterocycles. The minimum absolute atomic E-state index is 0.105. The van der Waals surface area contributed by atoms with E-state index in [2.05, 4.69) is 10.2 Å². The molecule has 8 heteroatoms. The van der Waals surface area contributed by atoms with Crippen LogP contribution in [0.5, 0.6) is 0 Å². The fraction of sp³-hybridized carbons (Fsp3) is 0.462. The molecule has 34 heavy (non-hydrogen) atoms. The number of halogens is 1. The minimum atomic E-state index is -0.799. The lowest BCUT2D eigenvalue weighted by Gasteiger charge is -2.30. The molecule has 2 aromatic rings. The van der Waals surface area contributed by atoms with Gasteiger partial charge in [-0.3, -0.25) is 4.79 Å². The summed E-state index contributed by atoms with van der Waals surface area (Å²) >= 11 is 6.29. The van der Waals surface area contributed by atoms with E-state index in [1.54, 1.807) is 23.6 Å². The Morgan fingerprint density at radius 2 is 1.97 bits per heavy atom. The van der Waals surface area contributed by atoms with E-state index in [-0.39, 0.29) is 12.2 Å². The number of nitrogens with zero attached hydrogens (tertiary/aromatic N) is 2. The SMILES string of the molecule is CCOC(=O)OC1=C(C)Nc2ccn(CCCN3CCCCC3)c(=O)c2C1c1cccc(Cl)c1. The highest BCUT2D eigenvalue weighted by Crippen LogP contribution is 2.41. The third-order valence-corrected chi connectivity index (χ3v) is 6.64. The number of likely N-dealkylation sites (tertiary alicyclic amines) is 1. The van der Waals surface area contributed by atoms with Crippen molar-refractivity contribution in [2.45, 2.75) is 52.0 Å². The number of ether oxygens (including phenoxy) is 2. The molecular weight excluding hydrogens is 454 g/mol. The Kier molecular flexibility index (Phi) is 7.95. The van der Waals surface area contributed by atoms with E-state index in [1.807, 2.05) is 31.3 Å². The Labute approximate surface area is 205 Å². The number of carbonyl (C=O) groups excluding carboxylic acids is 1. The molecule has 1 unspecified atom stereocenters. The summed E-state index contributed by atoms with van der Waals surface area (Å²) < 4.78 is 12.4. The van der Waals surface area contributed by atoms with Crippen LogP contribution in [0.3, 0.4) is 0 Å². The Hall–Kier alpha value is -2.77. The first-order chi connectivity index (χ1) is 16.5. The van der Waals surface area contributed by atoms with Crippen LogP contribution in [-0.4, -0.2) is 41.9 Å². The van der Waals surface area contributed by atoms with Gasteiger partial charge in [-0.05, 0) is 76.5 Å². The number of carbonyl (C=O) groups is 1. The highest BCUT2D eigenvalue weighted by molar-refractivity contribution is 6.30. The summed E-state index contributed by atoms with van der Waals surface area (Å²) in [7, 11) is 0. The van der Waals surface area contributed by atoms with Gasteiger partial charge >= 0.3 is 6.16 Å². The van der Waals surface area contributed by atoms with Crippen LogP contribution in [0.25, 0.3) is 0 Å². The summed E-state index contributed by atoms with van der Waals surface area (Å²) in [5, 5.41) is 3.78. The van der Waals surface area contributed by atoms with Crippen molar-refractivity contribution < 1.29 is 14.3 Å². The normalized spacial score (nSPS) is 18.3. The average Bonchev–Trinajstić information content (AvgIpc) is 2.82. The molecule has 1 aromatic carbocycles. The van der Waals surface area contributed by atoms with E-state index in [4.69, 9.17) is 21.1 Å². The van der Waals surface area contributed by atoms with Crippen LogP contribution in [0, 0.1) is 0 Å². The van der Waals surface area contributed by atoms with Gasteiger partial charge in [-0.25, -0.2) is 4.79 Å². The minimum Gasteiger partial charge on any atom is -0.434 e. The van der Waals surface area contributed by atoms with Gasteiger partial charge in [0, 0.05) is 23.5 Å². The Morgan fingerprint density at radius 1 is 1.18 bits per heavy atom. The van der Waals surface area contributed by atoms with Gasteiger partial charge in [0.25, 0.3) is 5.56 Å². The van der Waals surface area contributed by atoms with Crippen molar-refractivity contribution in [1.29, 1.82) is 0 Å². The fourth-order valence-electron chi connectivity index (χ4n) is 4.79. The van der Waals surface area contributed by atoms with Crippen molar-refractivity contribution in [3.05, 3.63) is 74.5 Å². The predicted octanol–water partition coefficient (Wildman–Crippen LogP) is 5.34. The van der Waals surface area contributed by atoms with Crippen molar-refractivity contribution in [1.82, 2.24) is 9.47 Å². The maximum atomic E-state index is 13.7. The zero-order valence-electron chi connectivity index (χ0n) is 19.8. The van der Waals surface area contributed by atoms with Crippen LogP contribution >= 0.6 is 11.6 Å². The third-order valence-electron chi connectivity index (χ3n) is 6.40. The lowest BCUT2D eigenvalue weighted by Crippen LogP contribution is -2.34. The van der Waals surface area contributed by atoms with Crippen LogP contribution in [0.15, 0.2) is 52.8 Å². The van der Waals surface area contributed by atoms with Gasteiger partial charge in [0.2, 0.25) is 0 Å². The van der Waals surface area contributed by atoms with Gasteiger partial charge in [0.15, 0.2) is 0 Å². The summed E-state index contributed by atoms with van der Waals surface area (Å²) in [6, 6.07) is 9.22. The summed E-state index contributed by atoms with van der Waals surface area (Å²) in [5.74, 6) is -0.238. The fourth-order valence-corrected chi connectivity index (χ4v) is 4.99. The molecule has 0 amide bonds. The van der Waals surface area contributed by atoms with Gasteiger partial charge in [-0.2, -0.15) is 0 Å². The summed E-state index contributed by atoms with van der Waals surface area (Å²) in [4.78, 5) is 28.4. The predicted molar refractivity (Wildman–Crippen MR) is 133 cm³/mol. The zero-order valence-corrected chi connectivity index (χ0v) is 20.6. The first-order valence-electron chi connectivity index (χ1n) is 12.0. The van der Waals surface area contributed by atoms with Gasteiger partial charge in [0.1, 0.15) is 5.76 Å². The number of rotatable bonds is 7. The molecule has 2 aliphatic heterocycles. The molecular formula is C26H32ClN3O4. The van der Waals surface area contributed by atoms with E-state index < -0.39 is 12.1 Å². The number of pyridine rings is 1. The standard InChI is InChI=1S/C26H32ClN3O4/c1-3-33-26(32)34-24-18(2)28-21-11-16-30(15-8-14-29-12-5-4-6-13-29)25(31)23(21)22(24)19-9-7-10-20(27)17-19/h7,9-11,16-17,22,28H,3-6,8,12-15H2,1-2H3. The first-order valence-corrected chi connectivity index (χ1v) is 12.4. The number of aromatic nitrogens is 1. The molecule has 4 rings (SSSR count). The van der Waals surface area contributed by atoms with E-state index in [1.165, 1.54) is 19.3 Å². The second kappa shape index (κ2) is 11.1. The molecule has 2 aliphatic rings. The third kappa shape index (κ3) is 5.47. The second-order valence-electron chi connectivity index (χ2n) is 8.78. The van der Waals surface area contributed by atoms with Gasteiger partial charge in [0.05, 0.1) is 23.8 Å². The topological polar surface area (TPSA) is 72.8 Å². The quantitative estimate of drug-likeness (QED) is 0.534. The monoisotopic (exact) mass is 485 g/mol. The maximum absolute atomic E-state index is 13.7. The summed E-state index contributed by atoms with van der Waals surface area (Å²) in [5.41, 5.74) is 2.56. The smallest absolute Gasteiger partial charge is 0.434 e. The summed E-state index contributed by atoms with van der Waals surface area (Å²) in [6.07, 6.45) is 5.74. The molecule has 1 N–H and O–H groups in total. The molecule has 0 saturated carbocycles. The summed E-state index contributed by atoms with van der Waals surface area (Å²) in [6.45, 7) is 7.61. The van der Waals surface area contributed by atoms with Crippen LogP contribution in [0.4, 0.5) is 10.5 Å². The van der Waals surface area contributed by atoms with Gasteiger partial charge in [-0.1, -0.05) is 30.2 Å². The molecule has 0 spiro atoms. The molecule has 0 bridgehead atoms. The number of hydrogen-bond donors (Lipinski definition) is 1. The molecule has 0 radical (unpaired) electrons. The number of piperidine rings is 1. The molecule has 182 valence electrons. The lowest BCUT2D eigenvalue weighted by molar-refractivity contribution is 0.0777. The van der Waals surface area contributed by atoms with E-state index in [0.29, 0.717) is 34.3 Å². The zero-order chi connectivity index (χ0) is 24.1. The number of allylic oxidation sites excluding steroid dienone is 2. The molecule has 0 aliphatic carbocycles. The highest BCUT2D eigenvalue weighted by atomic mass is 35.5. The molecule has 1 fully saturated rings. The van der Waals surface area contributed by atoms with Crippen molar-refractivity contribution in [2.24, 2.45) is 0 Å². The van der Waals surface area contributed by atoms with E-state index in [9.17, 15) is 9.59 Å². The largest absolute Gasteiger partial charge is 0.513 e. The van der Waals surface area contributed by atoms with Crippen LogP contribution in [-0.2, 0) is 16.0 Å². The van der Waals surface area contributed by atoms with Crippen molar-refractivity contribution in [2.75, 3.05) is 31.6 Å². The van der Waals surface area contributed by atoms with Crippen molar-refractivity contribution in [3.8, 4) is 0 Å². The molecule has 1 atom stereocenters. The average molecular weight is 486 g/mol. The lowest BCUT2D eigenvalue weighted by atomic mass is 9.86. The Morgan fingerprint density at radius 3 is 2.71 bits per heavy atom. The number of aryl methyl sites for hydroxylation is 1. The second-order valence-corrected chi connectivity index (χ2v) is 9.22. The Bertz CT molecular complexity index is 1120. The Balaban J connectivity index is 1.67. The number of nitrogens with one attached hydrogen (secondary N) is 1. The molecule has 1 aromatic heterocycles. The van der Waals surface area contributed by atoms with E-state index in [0.717, 1.165) is 31.6 Å². The van der Waals surface area contributed by atoms with Gasteiger partial charge in [-0.15, -0.1) is 0 Å². The van der Waals surface area contributed by atoms with Crippen molar-refractivity contribution in [3.63, 3.8) is 0 Å². The number of fused-ring (bicyclic) bond motifs is 1. The molecule has 1 saturated heterocycles. The number of hydrogen-bond acceptors (Lipinski definition) is 6. The van der Waals surface area contributed by atoms with Crippen molar-refractivity contribution >= 4 is 23.4 Å². The maximum Gasteiger partial charge on any atom is 0.513 e. The van der Waals surface area contributed by atoms with Crippen LogP contribution in [0.1, 0.15) is 56.6 Å². The molecule has 7 nitrogen and oxygen atoms in total. The van der Waals surface area contributed by atoms with Crippen LogP contribution < -0.4 is 10.9 Å². The van der Waals surface area contributed by atoms with E-state index >= 15 is 0 Å². The highest BCUT2D eigenvalue weighted by Gasteiger charge is 2.34. The number of anilines is 1. The first kappa shape index (κ1) is 24.4. The van der Waals surface area contributed by atoms with Crippen LogP contribution in [0.2, 0.25) is 5.02 Å². The number of benzene rings is 1.